The third kappa shape index (κ3) is 1.29. The largest absolute Gasteiger partial charge is 0.311 e. The van der Waals surface area contributed by atoms with E-state index in [-0.39, 0.29) is 12.5 Å². The van der Waals surface area contributed by atoms with Crippen LogP contribution in [0.4, 0.5) is 8.78 Å². The van der Waals surface area contributed by atoms with Crippen molar-refractivity contribution >= 4 is 0 Å². The molecule has 0 saturated carbocycles. The minimum Gasteiger partial charge on any atom is -0.311 e. The first kappa shape index (κ1) is 7.92. The first-order valence-corrected chi connectivity index (χ1v) is 3.62. The van der Waals surface area contributed by atoms with E-state index in [0.717, 1.165) is 0 Å². The van der Waals surface area contributed by atoms with Crippen LogP contribution >= 0.6 is 0 Å². The molecule has 0 aromatic carbocycles. The second kappa shape index (κ2) is 2.46. The van der Waals surface area contributed by atoms with Gasteiger partial charge < -0.3 is 5.32 Å². The lowest BCUT2D eigenvalue weighted by molar-refractivity contribution is -0.0375. The smallest absolute Gasteiger partial charge is 0.264 e. The van der Waals surface area contributed by atoms with E-state index >= 15 is 0 Å². The number of alkyl halides is 2. The summed E-state index contributed by atoms with van der Waals surface area (Å²) in [6.45, 7) is 4.00. The van der Waals surface area contributed by atoms with Gasteiger partial charge in [0.2, 0.25) is 0 Å². The molecule has 0 radical (unpaired) electrons. The number of rotatable bonds is 1. The van der Waals surface area contributed by atoms with Crippen molar-refractivity contribution in [1.29, 1.82) is 0 Å². The maximum absolute atomic E-state index is 12.8. The second-order valence-corrected chi connectivity index (χ2v) is 3.24. The number of nitrogens with one attached hydrogen (secondary N) is 1. The molecule has 1 unspecified atom stereocenters. The molecule has 0 bridgehead atoms. The molecule has 1 aliphatic rings. The molecule has 1 nitrogen and oxygen atoms in total. The Morgan fingerprint density at radius 2 is 2.10 bits per heavy atom. The molecule has 0 aliphatic carbocycles. The lowest BCUT2D eigenvalue weighted by Crippen LogP contribution is -2.30. The van der Waals surface area contributed by atoms with E-state index in [2.05, 4.69) is 5.32 Å². The highest BCUT2D eigenvalue weighted by atomic mass is 19.3. The van der Waals surface area contributed by atoms with Crippen LogP contribution in [0.5, 0.6) is 0 Å². The van der Waals surface area contributed by atoms with Crippen LogP contribution < -0.4 is 5.32 Å². The Kier molecular flexibility index (Phi) is 1.95. The summed E-state index contributed by atoms with van der Waals surface area (Å²) >= 11 is 0. The highest BCUT2D eigenvalue weighted by Crippen LogP contribution is 2.32. The zero-order valence-corrected chi connectivity index (χ0v) is 6.32. The molecule has 0 amide bonds. The third-order valence-electron chi connectivity index (χ3n) is 2.07. The topological polar surface area (TPSA) is 12.0 Å². The molecule has 1 rings (SSSR count). The molecule has 60 valence electrons. The van der Waals surface area contributed by atoms with Gasteiger partial charge in [0.05, 0.1) is 6.54 Å². The molecule has 0 spiro atoms. The van der Waals surface area contributed by atoms with Crippen LogP contribution in [0.3, 0.4) is 0 Å². The van der Waals surface area contributed by atoms with Gasteiger partial charge in [-0.05, 0) is 5.92 Å². The van der Waals surface area contributed by atoms with Gasteiger partial charge in [0.15, 0.2) is 0 Å². The van der Waals surface area contributed by atoms with Crippen LogP contribution in [0.2, 0.25) is 0 Å². The molecule has 1 saturated heterocycles. The standard InChI is InChI=1S/C7H13F2N/c1-5(2)6-3-10-4-7(6,8)9/h5-6,10H,3-4H2,1-2H3. The first-order valence-electron chi connectivity index (χ1n) is 3.62. The Morgan fingerprint density at radius 3 is 2.30 bits per heavy atom. The molecule has 1 aliphatic heterocycles. The molecule has 1 atom stereocenters. The summed E-state index contributed by atoms with van der Waals surface area (Å²) < 4.78 is 25.6. The average molecular weight is 149 g/mol. The fraction of sp³-hybridized carbons (Fsp3) is 1.00. The quantitative estimate of drug-likeness (QED) is 0.595. The van der Waals surface area contributed by atoms with Crippen LogP contribution in [0.1, 0.15) is 13.8 Å². The molecule has 3 heteroatoms. The maximum Gasteiger partial charge on any atom is 0.264 e. The van der Waals surface area contributed by atoms with E-state index in [9.17, 15) is 8.78 Å². The van der Waals surface area contributed by atoms with Gasteiger partial charge in [-0.25, -0.2) is 8.78 Å². The zero-order chi connectivity index (χ0) is 7.78. The van der Waals surface area contributed by atoms with Crippen LogP contribution in [0.25, 0.3) is 0 Å². The fourth-order valence-electron chi connectivity index (χ4n) is 1.40. The van der Waals surface area contributed by atoms with Gasteiger partial charge in [-0.1, -0.05) is 13.8 Å². The van der Waals surface area contributed by atoms with Crippen molar-refractivity contribution < 1.29 is 8.78 Å². The third-order valence-corrected chi connectivity index (χ3v) is 2.07. The SMILES string of the molecule is CC(C)C1CNCC1(F)F. The van der Waals surface area contributed by atoms with Gasteiger partial charge in [0.25, 0.3) is 5.92 Å². The van der Waals surface area contributed by atoms with Crippen LogP contribution in [-0.2, 0) is 0 Å². The van der Waals surface area contributed by atoms with E-state index in [1.165, 1.54) is 0 Å². The minimum atomic E-state index is -2.48. The van der Waals surface area contributed by atoms with E-state index in [0.29, 0.717) is 6.54 Å². The molecule has 1 N–H and O–H groups in total. The molecular weight excluding hydrogens is 136 g/mol. The second-order valence-electron chi connectivity index (χ2n) is 3.24. The van der Waals surface area contributed by atoms with Gasteiger partial charge in [-0.2, -0.15) is 0 Å². The van der Waals surface area contributed by atoms with E-state index in [4.69, 9.17) is 0 Å². The molecule has 0 aromatic rings. The number of hydrogen-bond acceptors (Lipinski definition) is 1. The van der Waals surface area contributed by atoms with Crippen LogP contribution in [0.15, 0.2) is 0 Å². The Morgan fingerprint density at radius 1 is 1.50 bits per heavy atom. The summed E-state index contributed by atoms with van der Waals surface area (Å²) in [5, 5.41) is 2.69. The molecule has 1 fully saturated rings. The van der Waals surface area contributed by atoms with E-state index in [1.807, 2.05) is 13.8 Å². The average Bonchev–Trinajstić information content (AvgIpc) is 2.08. The number of halogens is 2. The van der Waals surface area contributed by atoms with Crippen molar-refractivity contribution in [2.24, 2.45) is 11.8 Å². The minimum absolute atomic E-state index is 0.0741. The highest BCUT2D eigenvalue weighted by molar-refractivity contribution is 4.89. The highest BCUT2D eigenvalue weighted by Gasteiger charge is 2.45. The number of hydrogen-bond donors (Lipinski definition) is 1. The normalized spacial score (nSPS) is 31.5. The van der Waals surface area contributed by atoms with Crippen LogP contribution in [-0.4, -0.2) is 19.0 Å². The summed E-state index contributed by atoms with van der Waals surface area (Å²) in [6, 6.07) is 0. The summed E-state index contributed by atoms with van der Waals surface area (Å²) in [4.78, 5) is 0. The lowest BCUT2D eigenvalue weighted by atomic mass is 9.92. The van der Waals surface area contributed by atoms with E-state index in [1.54, 1.807) is 0 Å². The van der Waals surface area contributed by atoms with Gasteiger partial charge in [0, 0.05) is 12.5 Å². The molecular formula is C7H13F2N. The van der Waals surface area contributed by atoms with Gasteiger partial charge in [-0.15, -0.1) is 0 Å². The van der Waals surface area contributed by atoms with Crippen molar-refractivity contribution in [2.75, 3.05) is 13.1 Å². The predicted octanol–water partition coefficient (Wildman–Crippen LogP) is 1.50. The van der Waals surface area contributed by atoms with Crippen molar-refractivity contribution in [3.8, 4) is 0 Å². The Bertz CT molecular complexity index is 123. The van der Waals surface area contributed by atoms with Crippen molar-refractivity contribution in [3.05, 3.63) is 0 Å². The Hall–Kier alpha value is -0.180. The fourth-order valence-corrected chi connectivity index (χ4v) is 1.40. The molecule has 0 aromatic heterocycles. The molecule has 1 heterocycles. The van der Waals surface area contributed by atoms with Crippen molar-refractivity contribution in [1.82, 2.24) is 5.32 Å². The van der Waals surface area contributed by atoms with Crippen molar-refractivity contribution in [2.45, 2.75) is 19.8 Å². The summed E-state index contributed by atoms with van der Waals surface area (Å²) in [7, 11) is 0. The summed E-state index contributed by atoms with van der Waals surface area (Å²) in [5.41, 5.74) is 0. The Balaban J connectivity index is 2.59. The molecule has 10 heavy (non-hydrogen) atoms. The van der Waals surface area contributed by atoms with Gasteiger partial charge in [0.1, 0.15) is 0 Å². The predicted molar refractivity (Wildman–Crippen MR) is 36.1 cm³/mol. The summed E-state index contributed by atoms with van der Waals surface area (Å²) in [5.74, 6) is -2.87. The van der Waals surface area contributed by atoms with Gasteiger partial charge >= 0.3 is 0 Å². The van der Waals surface area contributed by atoms with E-state index < -0.39 is 11.8 Å². The zero-order valence-electron chi connectivity index (χ0n) is 6.32. The first-order chi connectivity index (χ1) is 4.54. The van der Waals surface area contributed by atoms with Crippen LogP contribution in [0, 0.1) is 11.8 Å². The lowest BCUT2D eigenvalue weighted by Gasteiger charge is -2.20. The monoisotopic (exact) mass is 149 g/mol. The van der Waals surface area contributed by atoms with Gasteiger partial charge in [-0.3, -0.25) is 0 Å². The Labute approximate surface area is 59.8 Å². The summed E-state index contributed by atoms with van der Waals surface area (Å²) in [6.07, 6.45) is 0. The maximum atomic E-state index is 12.8. The van der Waals surface area contributed by atoms with Crippen molar-refractivity contribution in [3.63, 3.8) is 0 Å².